The Morgan fingerprint density at radius 2 is 0.594 bits per heavy atom. The van der Waals surface area contributed by atoms with Crippen LogP contribution in [-0.4, -0.2) is 135 Å². The molecule has 3 heterocycles. The highest BCUT2D eigenvalue weighted by molar-refractivity contribution is 9.10. The molecule has 0 saturated carbocycles. The lowest BCUT2D eigenvalue weighted by atomic mass is 9.98. The zero-order chi connectivity index (χ0) is 94.1. The first kappa shape index (κ1) is 102. The molecule has 10 rings (SSSR count). The molecule has 3 aromatic heterocycles. The zero-order valence-electron chi connectivity index (χ0n) is 78.1. The fraction of sp³-hybridized carbons (Fsp3) is 0.412. The zero-order valence-corrected chi connectivity index (χ0v) is 81.3. The molecule has 0 aliphatic rings. The SMILES string of the molecule is Cc1ccc(C(=O)N(CCCNC(=O)OC(C)(C)C)C(c2nc(C)c(-c3ccccc3)c(=O)n2Cc2ccccc2)C(C)C)cc1.Cc1ccc(C(=O)N(CCCNC(=O)OC(C)(C)C)C(c2nc(C)c(Br)c(=O)n2Cc2ccccc2)C(C)C)cc1.Cc1ccc(C(=O)N(CCCNC(=O)OC(C)(C)C)C(c2nc(C)c(Br)c(=O)n2Cc2ccccc2)C(C)C)cc1. The number of aromatic nitrogens is 6. The topological polar surface area (TPSA) is 281 Å². The predicted molar refractivity (Wildman–Crippen MR) is 513 cm³/mol. The minimum atomic E-state index is -0.613. The van der Waals surface area contributed by atoms with Crippen LogP contribution in [0, 0.1) is 59.3 Å². The normalized spacial score (nSPS) is 12.2. The van der Waals surface area contributed by atoms with Gasteiger partial charge in [0.15, 0.2) is 0 Å². The molecule has 7 aromatic carbocycles. The monoisotopic (exact) mass is 1870 g/mol. The van der Waals surface area contributed by atoms with Gasteiger partial charge >= 0.3 is 18.3 Å². The molecule has 0 spiro atoms. The number of hydrogen-bond acceptors (Lipinski definition) is 15. The lowest BCUT2D eigenvalue weighted by Crippen LogP contribution is -2.43. The summed E-state index contributed by atoms with van der Waals surface area (Å²) in [5.41, 5.74) is 8.37. The Hall–Kier alpha value is -11.6. The molecular formula is C102H128Br2N12O12. The van der Waals surface area contributed by atoms with Crippen LogP contribution in [0.3, 0.4) is 0 Å². The summed E-state index contributed by atoms with van der Waals surface area (Å²) in [6, 6.07) is 59.7. The molecule has 0 fully saturated rings. The van der Waals surface area contributed by atoms with Crippen LogP contribution in [0.2, 0.25) is 0 Å². The molecule has 3 N–H and O–H groups in total. The van der Waals surface area contributed by atoms with E-state index in [1.807, 2.05) is 326 Å². The van der Waals surface area contributed by atoms with E-state index in [0.29, 0.717) is 144 Å². The summed E-state index contributed by atoms with van der Waals surface area (Å²) in [4.78, 5) is 141. The molecule has 24 nitrogen and oxygen atoms in total. The summed E-state index contributed by atoms with van der Waals surface area (Å²) in [7, 11) is 0. The number of carbonyl (C=O) groups is 6. The third kappa shape index (κ3) is 29.7. The van der Waals surface area contributed by atoms with Crippen molar-refractivity contribution in [3.8, 4) is 11.1 Å². The van der Waals surface area contributed by atoms with Crippen molar-refractivity contribution in [3.05, 3.63) is 319 Å². The Morgan fingerprint density at radius 1 is 0.352 bits per heavy atom. The summed E-state index contributed by atoms with van der Waals surface area (Å²) in [5, 5.41) is 8.37. The van der Waals surface area contributed by atoms with E-state index in [-0.39, 0.29) is 52.2 Å². The van der Waals surface area contributed by atoms with Crippen LogP contribution in [-0.2, 0) is 33.8 Å². The average molecular weight is 1870 g/mol. The summed E-state index contributed by atoms with van der Waals surface area (Å²) in [6.45, 7) is 42.7. The molecule has 0 aliphatic heterocycles. The highest BCUT2D eigenvalue weighted by Gasteiger charge is 2.38. The molecule has 3 unspecified atom stereocenters. The molecule has 6 amide bonds. The van der Waals surface area contributed by atoms with E-state index < -0.39 is 53.2 Å². The maximum atomic E-state index is 14.4. The van der Waals surface area contributed by atoms with Gasteiger partial charge < -0.3 is 44.9 Å². The summed E-state index contributed by atoms with van der Waals surface area (Å²) >= 11 is 6.86. The number of halogens is 2. The van der Waals surface area contributed by atoms with Crippen molar-refractivity contribution in [1.29, 1.82) is 0 Å². The van der Waals surface area contributed by atoms with E-state index in [4.69, 9.17) is 29.2 Å². The number of rotatable bonds is 31. The first-order chi connectivity index (χ1) is 60.4. The number of benzene rings is 7. The second-order valence-corrected chi connectivity index (χ2v) is 37.8. The Kier molecular flexibility index (Phi) is 37.3. The van der Waals surface area contributed by atoms with Crippen molar-refractivity contribution in [2.24, 2.45) is 17.8 Å². The van der Waals surface area contributed by atoms with E-state index in [1.165, 1.54) is 0 Å². The van der Waals surface area contributed by atoms with Gasteiger partial charge in [0.25, 0.3) is 34.4 Å². The third-order valence-corrected chi connectivity index (χ3v) is 22.5. The lowest BCUT2D eigenvalue weighted by molar-refractivity contribution is 0.0503. The Morgan fingerprint density at radius 3 is 0.844 bits per heavy atom. The van der Waals surface area contributed by atoms with Crippen LogP contribution in [0.4, 0.5) is 14.4 Å². The highest BCUT2D eigenvalue weighted by Crippen LogP contribution is 2.35. The van der Waals surface area contributed by atoms with Gasteiger partial charge in [-0.2, -0.15) is 0 Å². The van der Waals surface area contributed by atoms with Crippen LogP contribution in [0.25, 0.3) is 11.1 Å². The number of alkyl carbamates (subject to hydrolysis) is 3. The van der Waals surface area contributed by atoms with Crippen LogP contribution in [0.1, 0.15) is 240 Å². The maximum absolute atomic E-state index is 14.4. The van der Waals surface area contributed by atoms with Crippen molar-refractivity contribution >= 4 is 67.9 Å². The molecule has 128 heavy (non-hydrogen) atoms. The number of amides is 6. The second-order valence-electron chi connectivity index (χ2n) is 36.2. The molecule has 3 atom stereocenters. The average Bonchev–Trinajstić information content (AvgIpc) is 0.772. The highest BCUT2D eigenvalue weighted by atomic mass is 79.9. The van der Waals surface area contributed by atoms with Crippen molar-refractivity contribution in [2.75, 3.05) is 39.3 Å². The molecule has 0 saturated heterocycles. The smallest absolute Gasteiger partial charge is 0.407 e. The predicted octanol–water partition coefficient (Wildman–Crippen LogP) is 20.2. The fourth-order valence-corrected chi connectivity index (χ4v) is 15.3. The van der Waals surface area contributed by atoms with Gasteiger partial charge in [-0.1, -0.05) is 216 Å². The molecule has 0 radical (unpaired) electrons. The van der Waals surface area contributed by atoms with Gasteiger partial charge in [0, 0.05) is 56.0 Å². The first-order valence-corrected chi connectivity index (χ1v) is 45.4. The first-order valence-electron chi connectivity index (χ1n) is 43.8. The molecule has 0 aliphatic carbocycles. The molecule has 682 valence electrons. The number of aryl methyl sites for hydroxylation is 6. The Labute approximate surface area is 771 Å². The third-order valence-electron chi connectivity index (χ3n) is 20.7. The molecule has 0 bridgehead atoms. The number of nitrogens with zero attached hydrogens (tertiary/aromatic N) is 9. The number of ether oxygens (including phenoxy) is 3. The van der Waals surface area contributed by atoms with Gasteiger partial charge in [0.05, 0.1) is 60.4 Å². The van der Waals surface area contributed by atoms with E-state index >= 15 is 0 Å². The minimum absolute atomic E-state index is 0.0716. The van der Waals surface area contributed by atoms with Gasteiger partial charge in [-0.05, 0) is 231 Å². The molecular weight excluding hydrogens is 1750 g/mol. The van der Waals surface area contributed by atoms with Crippen molar-refractivity contribution in [3.63, 3.8) is 0 Å². The van der Waals surface area contributed by atoms with Gasteiger partial charge in [0.2, 0.25) is 0 Å². The maximum Gasteiger partial charge on any atom is 0.407 e. The van der Waals surface area contributed by atoms with E-state index in [9.17, 15) is 43.2 Å². The quantitative estimate of drug-likeness (QED) is 0.0269. The standard InChI is InChI=1S/C38H46N4O4.2C32H41BrN4O4/c1-26(2)33(41(35(43)31-21-19-27(3)20-22-31)24-14-23-39-37(45)46-38(5,6)7)34-40-28(4)32(30-17-12-9-13-18-30)36(44)42(34)25-29-15-10-8-11-16-29;2*1-21(2)27(28-35-23(4)26(33)30(39)37(28)20-24-12-9-8-10-13-24)36(29(38)25-16-14-22(3)15-17-25)19-11-18-34-31(40)41-32(5,6)7/h8-13,15-22,26,33H,14,23-25H2,1-7H3,(H,39,45);2*8-10,12-17,21,27H,11,18-20H2,1-7H3,(H,34,40). The molecule has 10 aromatic rings. The van der Waals surface area contributed by atoms with Crippen molar-refractivity contribution in [1.82, 2.24) is 59.3 Å². The Balaban J connectivity index is 0.000000238. The molecule has 26 heteroatoms. The van der Waals surface area contributed by atoms with E-state index in [0.717, 1.165) is 38.9 Å². The van der Waals surface area contributed by atoms with E-state index in [2.05, 4.69) is 47.8 Å². The Bertz CT molecular complexity index is 5340. The second kappa shape index (κ2) is 46.9. The minimum Gasteiger partial charge on any atom is -0.444 e. The fourth-order valence-electron chi connectivity index (χ4n) is 14.7. The lowest BCUT2D eigenvalue weighted by Gasteiger charge is -2.36. The number of carbonyl (C=O) groups excluding carboxylic acids is 6. The summed E-state index contributed by atoms with van der Waals surface area (Å²) < 4.78 is 21.9. The van der Waals surface area contributed by atoms with Crippen LogP contribution in [0.15, 0.2) is 217 Å². The van der Waals surface area contributed by atoms with Gasteiger partial charge in [0.1, 0.15) is 43.2 Å². The van der Waals surface area contributed by atoms with Crippen LogP contribution >= 0.6 is 31.9 Å². The summed E-state index contributed by atoms with van der Waals surface area (Å²) in [5.74, 6) is 0.844. The van der Waals surface area contributed by atoms with Crippen molar-refractivity contribution in [2.45, 2.75) is 219 Å². The van der Waals surface area contributed by atoms with Gasteiger partial charge in [-0.15, -0.1) is 0 Å². The number of nitrogens with one attached hydrogen (secondary N) is 3. The van der Waals surface area contributed by atoms with Gasteiger partial charge in [-0.25, -0.2) is 29.3 Å². The largest absolute Gasteiger partial charge is 0.444 e. The van der Waals surface area contributed by atoms with E-state index in [1.54, 1.807) is 42.2 Å². The van der Waals surface area contributed by atoms with Crippen LogP contribution in [0.5, 0.6) is 0 Å². The summed E-state index contributed by atoms with van der Waals surface area (Å²) in [6.07, 6.45) is -0.0663. The number of hydrogen-bond donors (Lipinski definition) is 3. The van der Waals surface area contributed by atoms with Crippen LogP contribution < -0.4 is 32.6 Å². The van der Waals surface area contributed by atoms with Crippen molar-refractivity contribution < 1.29 is 43.0 Å². The van der Waals surface area contributed by atoms with Gasteiger partial charge in [-0.3, -0.25) is 42.5 Å².